The Labute approximate surface area is 195 Å². The summed E-state index contributed by atoms with van der Waals surface area (Å²) in [5.74, 6) is -2.39. The van der Waals surface area contributed by atoms with Crippen LogP contribution in [0.25, 0.3) is 11.0 Å². The molecule has 3 aromatic rings. The fourth-order valence-corrected chi connectivity index (χ4v) is 3.83. The number of halogens is 2. The summed E-state index contributed by atoms with van der Waals surface area (Å²) >= 11 is 0. The van der Waals surface area contributed by atoms with Crippen molar-refractivity contribution in [3.05, 3.63) is 24.2 Å². The Hall–Kier alpha value is -3.44. The number of aromatic nitrogens is 5. The van der Waals surface area contributed by atoms with Crippen molar-refractivity contribution in [3.63, 3.8) is 0 Å². The molecule has 3 aromatic heterocycles. The van der Waals surface area contributed by atoms with E-state index in [1.165, 1.54) is 15.8 Å². The minimum Gasteiger partial charge on any atom is -0.477 e. The zero-order chi connectivity index (χ0) is 24.7. The van der Waals surface area contributed by atoms with E-state index in [0.29, 0.717) is 29.5 Å². The maximum absolute atomic E-state index is 14.9. The Bertz CT molecular complexity index is 1190. The Morgan fingerprint density at radius 3 is 2.82 bits per heavy atom. The number of amides is 1. The number of hydrogen-bond donors (Lipinski definition) is 2. The van der Waals surface area contributed by atoms with Crippen molar-refractivity contribution in [1.82, 2.24) is 29.6 Å². The number of likely N-dealkylation sites (tertiary alicyclic amines) is 1. The second-order valence-corrected chi connectivity index (χ2v) is 9.19. The van der Waals surface area contributed by atoms with Gasteiger partial charge in [-0.3, -0.25) is 4.68 Å². The zero-order valence-corrected chi connectivity index (χ0v) is 19.9. The van der Waals surface area contributed by atoms with Crippen molar-refractivity contribution in [2.75, 3.05) is 25.0 Å². The number of rotatable bonds is 5. The van der Waals surface area contributed by atoms with Gasteiger partial charge in [-0.1, -0.05) is 0 Å². The van der Waals surface area contributed by atoms with Gasteiger partial charge >= 0.3 is 6.09 Å². The third kappa shape index (κ3) is 4.75. The van der Waals surface area contributed by atoms with Crippen molar-refractivity contribution < 1.29 is 23.0 Å². The summed E-state index contributed by atoms with van der Waals surface area (Å²) in [6, 6.07) is 0.477. The van der Waals surface area contributed by atoms with Crippen LogP contribution in [-0.2, 0) is 4.74 Å². The number of ether oxygens (including phenoxy) is 2. The van der Waals surface area contributed by atoms with E-state index in [-0.39, 0.29) is 19.0 Å². The Morgan fingerprint density at radius 1 is 1.35 bits per heavy atom. The van der Waals surface area contributed by atoms with Gasteiger partial charge in [0.15, 0.2) is 0 Å². The summed E-state index contributed by atoms with van der Waals surface area (Å²) in [5.41, 5.74) is 0.798. The number of alkyl halides is 2. The van der Waals surface area contributed by atoms with Gasteiger partial charge < -0.3 is 24.7 Å². The van der Waals surface area contributed by atoms with E-state index in [1.807, 2.05) is 13.0 Å². The second-order valence-electron chi connectivity index (χ2n) is 9.19. The Morgan fingerprint density at radius 2 is 2.12 bits per heavy atom. The standard InChI is InChI=1S/C22H29F2N7O3/c1-6-33-18-14-7-9-25-17(14)28-19(29-18)27-15-11-26-31(13(15)2)16-12-30(10-8-22(16,23)24)20(32)34-21(3,4)5/h7,9,11,16H,6,8,10,12H2,1-5H3,(H2,25,27,28,29). The first-order valence-corrected chi connectivity index (χ1v) is 11.1. The number of nitrogens with one attached hydrogen (secondary N) is 2. The van der Waals surface area contributed by atoms with Gasteiger partial charge in [0.2, 0.25) is 11.8 Å². The predicted molar refractivity (Wildman–Crippen MR) is 122 cm³/mol. The highest BCUT2D eigenvalue weighted by Crippen LogP contribution is 2.39. The second kappa shape index (κ2) is 8.73. The van der Waals surface area contributed by atoms with E-state index < -0.39 is 30.1 Å². The molecule has 4 heterocycles. The van der Waals surface area contributed by atoms with Crippen LogP contribution in [0.4, 0.5) is 25.2 Å². The van der Waals surface area contributed by atoms with Gasteiger partial charge in [-0.15, -0.1) is 0 Å². The van der Waals surface area contributed by atoms with Gasteiger partial charge in [-0.2, -0.15) is 15.1 Å². The molecule has 4 rings (SSSR count). The van der Waals surface area contributed by atoms with Gasteiger partial charge in [0.1, 0.15) is 17.3 Å². The summed E-state index contributed by atoms with van der Waals surface area (Å²) in [6.07, 6.45) is 2.08. The molecule has 0 saturated carbocycles. The van der Waals surface area contributed by atoms with Gasteiger partial charge in [0, 0.05) is 19.2 Å². The van der Waals surface area contributed by atoms with Crippen molar-refractivity contribution in [2.45, 2.75) is 58.6 Å². The minimum atomic E-state index is -3.05. The summed E-state index contributed by atoms with van der Waals surface area (Å²) in [6.45, 7) is 8.86. The molecule has 0 bridgehead atoms. The van der Waals surface area contributed by atoms with Gasteiger partial charge in [-0.25, -0.2) is 13.6 Å². The van der Waals surface area contributed by atoms with Crippen LogP contribution in [0.5, 0.6) is 5.88 Å². The van der Waals surface area contributed by atoms with E-state index in [0.717, 1.165) is 5.39 Å². The number of hydrogen-bond acceptors (Lipinski definition) is 7. The van der Waals surface area contributed by atoms with Crippen LogP contribution in [0, 0.1) is 6.92 Å². The molecule has 10 nitrogen and oxygen atoms in total. The molecule has 1 aliphatic rings. The number of carbonyl (C=O) groups is 1. The summed E-state index contributed by atoms with van der Waals surface area (Å²) in [5, 5.41) is 8.00. The van der Waals surface area contributed by atoms with E-state index >= 15 is 0 Å². The van der Waals surface area contributed by atoms with Crippen LogP contribution < -0.4 is 10.1 Å². The maximum Gasteiger partial charge on any atom is 0.410 e. The van der Waals surface area contributed by atoms with Crippen LogP contribution in [-0.4, -0.2) is 66.9 Å². The molecule has 1 unspecified atom stereocenters. The molecule has 1 saturated heterocycles. The van der Waals surface area contributed by atoms with Gasteiger partial charge in [-0.05, 0) is 40.7 Å². The SMILES string of the molecule is CCOc1nc(Nc2cnn(C3CN(C(=O)OC(C)(C)C)CCC3(F)F)c2C)nc2[nH]ccc12. The fourth-order valence-electron chi connectivity index (χ4n) is 3.83. The molecule has 2 N–H and O–H groups in total. The number of carbonyl (C=O) groups excluding carboxylic acids is 1. The number of H-pyrrole nitrogens is 1. The van der Waals surface area contributed by atoms with Crippen LogP contribution in [0.15, 0.2) is 18.5 Å². The highest BCUT2D eigenvalue weighted by molar-refractivity contribution is 5.82. The quantitative estimate of drug-likeness (QED) is 0.560. The number of anilines is 2. The third-order valence-electron chi connectivity index (χ3n) is 5.50. The summed E-state index contributed by atoms with van der Waals surface area (Å²) < 4.78 is 42.1. The Kier molecular flexibility index (Phi) is 6.09. The first-order chi connectivity index (χ1) is 16.0. The van der Waals surface area contributed by atoms with Gasteiger partial charge in [0.25, 0.3) is 5.92 Å². The molecule has 0 aliphatic carbocycles. The lowest BCUT2D eigenvalue weighted by Crippen LogP contribution is -2.51. The normalized spacial score (nSPS) is 18.2. The van der Waals surface area contributed by atoms with Crippen LogP contribution in [0.3, 0.4) is 0 Å². The minimum absolute atomic E-state index is 0.0892. The largest absolute Gasteiger partial charge is 0.477 e. The molecule has 0 spiro atoms. The number of fused-ring (bicyclic) bond motifs is 1. The smallest absolute Gasteiger partial charge is 0.410 e. The average molecular weight is 478 g/mol. The molecule has 0 radical (unpaired) electrons. The molecular formula is C22H29F2N7O3. The average Bonchev–Trinajstić information content (AvgIpc) is 3.34. The van der Waals surface area contributed by atoms with Crippen molar-refractivity contribution in [1.29, 1.82) is 0 Å². The molecule has 1 fully saturated rings. The third-order valence-corrected chi connectivity index (χ3v) is 5.50. The highest BCUT2D eigenvalue weighted by Gasteiger charge is 2.48. The summed E-state index contributed by atoms with van der Waals surface area (Å²) in [7, 11) is 0. The predicted octanol–water partition coefficient (Wildman–Crippen LogP) is 4.42. The van der Waals surface area contributed by atoms with Crippen LogP contribution >= 0.6 is 0 Å². The molecule has 0 aromatic carbocycles. The lowest BCUT2D eigenvalue weighted by molar-refractivity contribution is -0.102. The molecule has 1 aliphatic heterocycles. The molecule has 184 valence electrons. The van der Waals surface area contributed by atoms with Crippen LogP contribution in [0.1, 0.15) is 45.9 Å². The Balaban J connectivity index is 1.58. The van der Waals surface area contributed by atoms with Crippen molar-refractivity contribution in [3.8, 4) is 5.88 Å². The van der Waals surface area contributed by atoms with E-state index in [4.69, 9.17) is 9.47 Å². The zero-order valence-electron chi connectivity index (χ0n) is 19.9. The molecule has 12 heteroatoms. The van der Waals surface area contributed by atoms with Crippen molar-refractivity contribution >= 4 is 28.8 Å². The molecule has 1 amide bonds. The molecular weight excluding hydrogens is 448 g/mol. The number of nitrogens with zero attached hydrogens (tertiary/aromatic N) is 5. The van der Waals surface area contributed by atoms with E-state index in [9.17, 15) is 13.6 Å². The van der Waals surface area contributed by atoms with E-state index in [2.05, 4.69) is 25.4 Å². The highest BCUT2D eigenvalue weighted by atomic mass is 19.3. The van der Waals surface area contributed by atoms with Gasteiger partial charge in [0.05, 0.1) is 36.1 Å². The monoisotopic (exact) mass is 477 g/mol. The van der Waals surface area contributed by atoms with E-state index in [1.54, 1.807) is 33.9 Å². The number of piperidine rings is 1. The lowest BCUT2D eigenvalue weighted by Gasteiger charge is -2.39. The maximum atomic E-state index is 14.9. The molecule has 34 heavy (non-hydrogen) atoms. The first-order valence-electron chi connectivity index (χ1n) is 11.1. The van der Waals surface area contributed by atoms with Crippen molar-refractivity contribution in [2.24, 2.45) is 0 Å². The fraction of sp³-hybridized carbons (Fsp3) is 0.545. The topological polar surface area (TPSA) is 110 Å². The first kappa shape index (κ1) is 23.7. The summed E-state index contributed by atoms with van der Waals surface area (Å²) in [4.78, 5) is 25.6. The number of aromatic amines is 1. The lowest BCUT2D eigenvalue weighted by atomic mass is 10.0. The molecule has 1 atom stereocenters. The van der Waals surface area contributed by atoms with Crippen LogP contribution in [0.2, 0.25) is 0 Å².